The highest BCUT2D eigenvalue weighted by Crippen LogP contribution is 2.54. The van der Waals surface area contributed by atoms with Crippen molar-refractivity contribution in [2.24, 2.45) is 0 Å². The molecule has 0 unspecified atom stereocenters. The van der Waals surface area contributed by atoms with Crippen LogP contribution in [0.1, 0.15) is 0 Å². The number of hydrogen-bond acceptors (Lipinski definition) is 12. The van der Waals surface area contributed by atoms with Gasteiger partial charge in [0.05, 0.1) is 75.3 Å². The van der Waals surface area contributed by atoms with Crippen molar-refractivity contribution in [1.82, 2.24) is 63.1 Å². The summed E-state index contributed by atoms with van der Waals surface area (Å²) in [6.45, 7) is 0. The van der Waals surface area contributed by atoms with Crippen molar-refractivity contribution < 1.29 is 0 Å². The van der Waals surface area contributed by atoms with Gasteiger partial charge in [-0.05, 0) is 187 Å². The molecule has 0 atom stereocenters. The van der Waals surface area contributed by atoms with Crippen LogP contribution in [0.15, 0.2) is 468 Å². The number of aromatic nitrogens is 13. The van der Waals surface area contributed by atoms with Gasteiger partial charge in [-0.25, -0.2) is 44.9 Å². The molecule has 33 aromatic rings. The molecule has 0 bridgehead atoms. The number of hydrogen-bond donors (Lipinski definition) is 0. The summed E-state index contributed by atoms with van der Waals surface area (Å²) in [5.74, 6) is 1.84. The van der Waals surface area contributed by atoms with Gasteiger partial charge in [0.15, 0.2) is 0 Å². The Hall–Kier alpha value is -19.2. The molecule has 0 aliphatic carbocycles. The minimum absolute atomic E-state index is 0.604. The van der Waals surface area contributed by atoms with Crippen molar-refractivity contribution in [2.45, 2.75) is 0 Å². The third kappa shape index (κ3) is 13.1. The molecule has 0 saturated carbocycles. The Morgan fingerprint density at radius 2 is 0.503 bits per heavy atom. The zero-order chi connectivity index (χ0) is 97.6. The average molecular weight is 1950 g/mol. The molecule has 33 rings (SSSR count). The number of thiophene rings is 3. The van der Waals surface area contributed by atoms with E-state index < -0.39 is 0 Å². The van der Waals surface area contributed by atoms with Crippen LogP contribution in [0.5, 0.6) is 0 Å². The van der Waals surface area contributed by atoms with E-state index in [0.29, 0.717) is 17.8 Å². The Balaban J connectivity index is 0.000000101. The average Bonchev–Trinajstić information content (AvgIpc) is 1.54. The molecule has 13 aromatic heterocycles. The van der Waals surface area contributed by atoms with Gasteiger partial charge in [-0.3, -0.25) is 13.7 Å². The molecule has 13 nitrogen and oxygen atoms in total. The van der Waals surface area contributed by atoms with E-state index in [-0.39, 0.29) is 0 Å². The van der Waals surface area contributed by atoms with Crippen LogP contribution in [0, 0.1) is 0 Å². The first-order valence-corrected chi connectivity index (χ1v) is 52.4. The third-order valence-corrected chi connectivity index (χ3v) is 33.3. The van der Waals surface area contributed by atoms with Crippen molar-refractivity contribution in [3.63, 3.8) is 0 Å². The Kier molecular flexibility index (Phi) is 19.1. The molecule has 0 amide bonds. The smallest absolute Gasteiger partial charge is 0.237 e. The molecule has 149 heavy (non-hydrogen) atoms. The van der Waals surface area contributed by atoms with Crippen LogP contribution in [0.3, 0.4) is 0 Å². The summed E-state index contributed by atoms with van der Waals surface area (Å²) < 4.78 is 16.4. The minimum atomic E-state index is 0.604. The van der Waals surface area contributed by atoms with Gasteiger partial charge >= 0.3 is 0 Å². The second kappa shape index (κ2) is 33.7. The zero-order valence-corrected chi connectivity index (χ0v) is 81.9. The second-order valence-electron chi connectivity index (χ2n) is 38.0. The molecule has 0 aliphatic heterocycles. The van der Waals surface area contributed by atoms with E-state index in [4.69, 9.17) is 44.9 Å². The van der Waals surface area contributed by atoms with Crippen molar-refractivity contribution in [2.75, 3.05) is 0 Å². The maximum Gasteiger partial charge on any atom is 0.237 e. The molecule has 0 fully saturated rings. The number of benzene rings is 20. The third-order valence-electron chi connectivity index (χ3n) is 29.8. The fraction of sp³-hybridized carbons (Fsp3) is 0. The monoisotopic (exact) mass is 1950 g/mol. The first-order chi connectivity index (χ1) is 74.0. The summed E-state index contributed by atoms with van der Waals surface area (Å²) in [5.41, 5.74) is 22.4. The van der Waals surface area contributed by atoms with Crippen molar-refractivity contribution in [1.29, 1.82) is 0 Å². The number of rotatable bonds is 9. The van der Waals surface area contributed by atoms with E-state index in [1.165, 1.54) is 136 Å². The molecule has 0 aliphatic rings. The summed E-state index contributed by atoms with van der Waals surface area (Å²) >= 11 is 5.49. The Morgan fingerprint density at radius 3 is 0.946 bits per heavy atom. The summed E-state index contributed by atoms with van der Waals surface area (Å²) in [4.78, 5) is 47.4. The largest absolute Gasteiger partial charge is 0.309 e. The first-order valence-electron chi connectivity index (χ1n) is 49.9. The number of pyridine rings is 3. The molecule has 0 saturated heterocycles. The fourth-order valence-electron chi connectivity index (χ4n) is 23.5. The maximum atomic E-state index is 5.54. The lowest BCUT2D eigenvalue weighted by atomic mass is 9.94. The lowest BCUT2D eigenvalue weighted by molar-refractivity contribution is 1.00. The van der Waals surface area contributed by atoms with E-state index in [9.17, 15) is 0 Å². The highest BCUT2D eigenvalue weighted by molar-refractivity contribution is 7.28. The van der Waals surface area contributed by atoms with Crippen LogP contribution in [0.4, 0.5) is 0 Å². The number of nitrogens with zero attached hydrogens (tertiary/aromatic N) is 13. The van der Waals surface area contributed by atoms with E-state index in [2.05, 4.69) is 443 Å². The highest BCUT2D eigenvalue weighted by Gasteiger charge is 2.31. The molecular weight excluding hydrogens is 1880 g/mol. The number of para-hydroxylation sites is 5. The Morgan fingerprint density at radius 1 is 0.181 bits per heavy atom. The predicted molar refractivity (Wildman–Crippen MR) is 625 cm³/mol. The summed E-state index contributed by atoms with van der Waals surface area (Å²) in [6, 6.07) is 159. The SMILES string of the molecule is c1ccc(-c2cc(-c3ccccc3)cc(-c3nc(-n4c5ncccc5c5c6ccccc6c6c7ccccc7sc6c54)nc4ccccc34)c2)cc1.c1ccc(-n2c3ccccc3c3cc(-c4nc(-n5c6ncccc6c6c7ccccc7c7c8ccccc8sc7c65)nc5ccccc45)ccc32)cc1.c1ccc2c(-c3nc(-n4c5ncccc5c5c6ccccc6c6c7ccccc7sc6c54)nc4ccccc34)cccc2c1. The number of fused-ring (bicyclic) bond motifs is 37. The molecule has 0 N–H and O–H groups in total. The van der Waals surface area contributed by atoms with Crippen LogP contribution >= 0.6 is 34.0 Å². The van der Waals surface area contributed by atoms with Gasteiger partial charge in [0.1, 0.15) is 16.9 Å². The van der Waals surface area contributed by atoms with Gasteiger partial charge in [0.2, 0.25) is 17.8 Å². The van der Waals surface area contributed by atoms with Crippen molar-refractivity contribution in [3.8, 4) is 79.6 Å². The van der Waals surface area contributed by atoms with Crippen LogP contribution in [-0.2, 0) is 0 Å². The quantitative estimate of drug-likeness (QED) is 0.138. The zero-order valence-electron chi connectivity index (χ0n) is 79.5. The standard InChI is InChI=1S/C47H27N5S.C47H28N4S.C39H22N4S/c1-2-13-29(14-3-1)51-38-22-10-7-15-30(38)36-27-28(24-25-39(36)51)43-33-18-6-9-21-37(33)49-47(50-43)52-44-41(35-20-12-26-48-46(35)52)31-16-4-5-17-32(31)42-34-19-8-11-23-40(34)53-45(42)44;1-3-14-29(15-4-1)31-26-32(30-16-5-2-6-17-30)28-33(27-31)43-36-20-9-11-23-39(36)49-47(50-43)51-44-41(38-22-13-25-48-46(38)51)34-18-7-8-19-35(34)42-37-21-10-12-24-40(37)52-45(42)44;1-2-13-24-23(11-1)12-9-18-27(24)35-28-16-5-7-20-31(28)41-39(42-35)43-36-33(30-19-10-22-40-38(30)43)25-14-3-4-15-26(25)34-29-17-6-8-21-32(29)44-37(34)36/h1-27H;1-28H;1-22H. The van der Waals surface area contributed by atoms with Crippen LogP contribution in [-0.4, -0.2) is 63.1 Å². The Labute approximate surface area is 861 Å². The van der Waals surface area contributed by atoms with Gasteiger partial charge in [-0.15, -0.1) is 34.0 Å². The first kappa shape index (κ1) is 84.3. The van der Waals surface area contributed by atoms with E-state index in [0.717, 1.165) is 150 Å². The summed E-state index contributed by atoms with van der Waals surface area (Å²) in [6.07, 6.45) is 5.62. The molecule has 16 heteroatoms. The van der Waals surface area contributed by atoms with Crippen molar-refractivity contribution >= 4 is 258 Å². The summed E-state index contributed by atoms with van der Waals surface area (Å²) in [7, 11) is 0. The molecule has 0 spiro atoms. The molecule has 692 valence electrons. The maximum absolute atomic E-state index is 5.54. The van der Waals surface area contributed by atoms with Gasteiger partial charge in [0, 0.05) is 147 Å². The van der Waals surface area contributed by atoms with Crippen LogP contribution in [0.25, 0.3) is 303 Å². The lowest BCUT2D eigenvalue weighted by Gasteiger charge is -2.14. The normalized spacial score (nSPS) is 12.0. The second-order valence-corrected chi connectivity index (χ2v) is 41.1. The topological polar surface area (TPSA) is 136 Å². The fourth-order valence-corrected chi connectivity index (χ4v) is 27.3. The van der Waals surface area contributed by atoms with Gasteiger partial charge in [-0.2, -0.15) is 0 Å². The van der Waals surface area contributed by atoms with E-state index in [1.54, 1.807) is 0 Å². The lowest BCUT2D eigenvalue weighted by Crippen LogP contribution is -2.04. The predicted octanol–water partition coefficient (Wildman–Crippen LogP) is 35.5. The van der Waals surface area contributed by atoms with Crippen LogP contribution in [0.2, 0.25) is 0 Å². The molecule has 20 aromatic carbocycles. The van der Waals surface area contributed by atoms with Crippen LogP contribution < -0.4 is 0 Å². The molecule has 13 heterocycles. The van der Waals surface area contributed by atoms with Crippen molar-refractivity contribution in [3.05, 3.63) is 468 Å². The molecule has 0 radical (unpaired) electrons. The van der Waals surface area contributed by atoms with Gasteiger partial charge in [-0.1, -0.05) is 328 Å². The van der Waals surface area contributed by atoms with E-state index >= 15 is 0 Å². The van der Waals surface area contributed by atoms with Gasteiger partial charge < -0.3 is 4.57 Å². The van der Waals surface area contributed by atoms with Gasteiger partial charge in [0.25, 0.3) is 0 Å². The summed E-state index contributed by atoms with van der Waals surface area (Å²) in [5, 5.41) is 29.6. The minimum Gasteiger partial charge on any atom is -0.309 e. The molecular formula is C133H77N13S3. The van der Waals surface area contributed by atoms with E-state index in [1.807, 2.05) is 76.9 Å². The Bertz CT molecular complexity index is 11400. The highest BCUT2D eigenvalue weighted by atomic mass is 32.1.